The second-order valence-electron chi connectivity index (χ2n) is 5.22. The van der Waals surface area contributed by atoms with E-state index in [4.69, 9.17) is 10.2 Å². The van der Waals surface area contributed by atoms with Crippen molar-refractivity contribution in [2.24, 2.45) is 0 Å². The summed E-state index contributed by atoms with van der Waals surface area (Å²) in [6, 6.07) is -2.74. The Morgan fingerprint density at radius 2 is 1.87 bits per heavy atom. The van der Waals surface area contributed by atoms with Crippen LogP contribution < -0.4 is 16.0 Å². The van der Waals surface area contributed by atoms with Crippen molar-refractivity contribution < 1.29 is 29.4 Å². The number of carbonyl (C=O) groups excluding carboxylic acids is 2. The lowest BCUT2D eigenvalue weighted by atomic mass is 10.1. The van der Waals surface area contributed by atoms with Crippen molar-refractivity contribution in [1.29, 1.82) is 0 Å². The number of carbonyl (C=O) groups is 4. The largest absolute Gasteiger partial charge is 0.481 e. The zero-order valence-corrected chi connectivity index (χ0v) is 13.3. The molecule has 0 aromatic rings. The lowest BCUT2D eigenvalue weighted by Gasteiger charge is -2.22. The van der Waals surface area contributed by atoms with E-state index in [2.05, 4.69) is 28.6 Å². The molecule has 9 nitrogen and oxygen atoms in total. The van der Waals surface area contributed by atoms with E-state index in [1.165, 1.54) is 0 Å². The Hall–Kier alpha value is -1.81. The van der Waals surface area contributed by atoms with Crippen LogP contribution in [0, 0.1) is 0 Å². The second-order valence-corrected chi connectivity index (χ2v) is 5.59. The Balaban J connectivity index is 2.69. The van der Waals surface area contributed by atoms with Crippen LogP contribution in [0.5, 0.6) is 0 Å². The maximum absolute atomic E-state index is 12.1. The number of hydrogen-bond acceptors (Lipinski definition) is 6. The molecule has 10 heteroatoms. The lowest BCUT2D eigenvalue weighted by molar-refractivity contribution is -0.142. The molecule has 1 aliphatic heterocycles. The fourth-order valence-electron chi connectivity index (χ4n) is 2.18. The minimum absolute atomic E-state index is 0.120. The van der Waals surface area contributed by atoms with E-state index in [0.717, 1.165) is 6.42 Å². The van der Waals surface area contributed by atoms with E-state index in [9.17, 15) is 19.2 Å². The number of carboxylic acids is 2. The molecular formula is C13H21N3O6S. The number of amides is 2. The maximum Gasteiger partial charge on any atom is 0.327 e. The molecule has 1 saturated heterocycles. The van der Waals surface area contributed by atoms with E-state index in [1.807, 2.05) is 0 Å². The maximum atomic E-state index is 12.1. The van der Waals surface area contributed by atoms with Crippen LogP contribution in [0.15, 0.2) is 0 Å². The van der Waals surface area contributed by atoms with Gasteiger partial charge in [0, 0.05) is 12.2 Å². The Bertz CT molecular complexity index is 467. The highest BCUT2D eigenvalue weighted by atomic mass is 32.1. The highest BCUT2D eigenvalue weighted by molar-refractivity contribution is 7.80. The fraction of sp³-hybridized carbons (Fsp3) is 0.692. The predicted octanol–water partition coefficient (Wildman–Crippen LogP) is -1.41. The third kappa shape index (κ3) is 6.45. The first-order valence-electron chi connectivity index (χ1n) is 7.24. The van der Waals surface area contributed by atoms with Crippen molar-refractivity contribution in [3.63, 3.8) is 0 Å². The summed E-state index contributed by atoms with van der Waals surface area (Å²) in [5.41, 5.74) is 0. The zero-order valence-electron chi connectivity index (χ0n) is 12.4. The van der Waals surface area contributed by atoms with Gasteiger partial charge in [-0.2, -0.15) is 12.6 Å². The normalized spacial score (nSPS) is 19.6. The molecule has 130 valence electrons. The first-order chi connectivity index (χ1) is 10.8. The molecule has 3 atom stereocenters. The number of rotatable bonds is 9. The van der Waals surface area contributed by atoms with Gasteiger partial charge >= 0.3 is 11.9 Å². The van der Waals surface area contributed by atoms with Crippen molar-refractivity contribution in [3.05, 3.63) is 0 Å². The Morgan fingerprint density at radius 3 is 2.35 bits per heavy atom. The van der Waals surface area contributed by atoms with Crippen molar-refractivity contribution in [1.82, 2.24) is 16.0 Å². The number of thiol groups is 1. The Labute approximate surface area is 138 Å². The van der Waals surface area contributed by atoms with Gasteiger partial charge < -0.3 is 26.2 Å². The molecule has 1 rings (SSSR count). The standard InChI is InChI=1S/C13H21N3O6S/c17-10(18)4-3-8(12(20)16-9(6-23)13(21)22)15-11(19)7-2-1-5-14-7/h7-9,14,23H,1-6H2,(H,15,19)(H,16,20)(H,17,18)(H,21,22)/t7-,8-,9-/m0/s1. The molecule has 0 aromatic carbocycles. The highest BCUT2D eigenvalue weighted by Gasteiger charge is 2.29. The molecule has 1 heterocycles. The number of nitrogens with one attached hydrogen (secondary N) is 3. The van der Waals surface area contributed by atoms with Crippen LogP contribution in [0.2, 0.25) is 0 Å². The molecule has 1 aliphatic rings. The van der Waals surface area contributed by atoms with E-state index in [1.54, 1.807) is 0 Å². The minimum atomic E-state index is -1.26. The third-order valence-electron chi connectivity index (χ3n) is 3.45. The van der Waals surface area contributed by atoms with Crippen molar-refractivity contribution >= 4 is 36.4 Å². The molecule has 23 heavy (non-hydrogen) atoms. The summed E-state index contributed by atoms with van der Waals surface area (Å²) in [6.07, 6.45) is 1.02. The number of hydrogen-bond donors (Lipinski definition) is 6. The summed E-state index contributed by atoms with van der Waals surface area (Å²) >= 11 is 3.84. The monoisotopic (exact) mass is 347 g/mol. The molecule has 0 saturated carbocycles. The minimum Gasteiger partial charge on any atom is -0.481 e. The van der Waals surface area contributed by atoms with Crippen LogP contribution in [0.25, 0.3) is 0 Å². The van der Waals surface area contributed by atoms with Crippen LogP contribution in [0.1, 0.15) is 25.7 Å². The quantitative estimate of drug-likeness (QED) is 0.281. The van der Waals surface area contributed by atoms with Crippen LogP contribution in [-0.2, 0) is 19.2 Å². The Morgan fingerprint density at radius 1 is 1.17 bits per heavy atom. The molecule has 5 N–H and O–H groups in total. The summed E-state index contributed by atoms with van der Waals surface area (Å²) < 4.78 is 0. The SMILES string of the molecule is O=C(O)CC[C@H](NC(=O)[C@@H]1CCCN1)C(=O)N[C@@H](CS)C(=O)O. The zero-order chi connectivity index (χ0) is 17.4. The molecular weight excluding hydrogens is 326 g/mol. The molecule has 0 spiro atoms. The first kappa shape index (κ1) is 19.2. The molecule has 0 aromatic heterocycles. The molecule has 1 fully saturated rings. The van der Waals surface area contributed by atoms with Gasteiger partial charge in [0.15, 0.2) is 0 Å². The summed E-state index contributed by atoms with van der Waals surface area (Å²) in [7, 11) is 0. The fourth-order valence-corrected chi connectivity index (χ4v) is 2.42. The third-order valence-corrected chi connectivity index (χ3v) is 3.82. The molecule has 0 bridgehead atoms. The van der Waals surface area contributed by atoms with Crippen LogP contribution in [-0.4, -0.2) is 64.4 Å². The number of carboxylic acid groups (broad SMARTS) is 2. The van der Waals surface area contributed by atoms with Gasteiger partial charge in [0.2, 0.25) is 11.8 Å². The molecule has 2 amide bonds. The van der Waals surface area contributed by atoms with E-state index >= 15 is 0 Å². The van der Waals surface area contributed by atoms with Gasteiger partial charge in [0.25, 0.3) is 0 Å². The van der Waals surface area contributed by atoms with Gasteiger partial charge in [-0.15, -0.1) is 0 Å². The summed E-state index contributed by atoms with van der Waals surface area (Å²) in [5, 5.41) is 25.4. The van der Waals surface area contributed by atoms with Gasteiger partial charge in [-0.1, -0.05) is 0 Å². The highest BCUT2D eigenvalue weighted by Crippen LogP contribution is 2.07. The van der Waals surface area contributed by atoms with Crippen LogP contribution >= 0.6 is 12.6 Å². The van der Waals surface area contributed by atoms with Crippen molar-refractivity contribution in [2.75, 3.05) is 12.3 Å². The van der Waals surface area contributed by atoms with Gasteiger partial charge in [-0.05, 0) is 25.8 Å². The average molecular weight is 347 g/mol. The smallest absolute Gasteiger partial charge is 0.327 e. The van der Waals surface area contributed by atoms with E-state index in [-0.39, 0.29) is 18.6 Å². The second kappa shape index (κ2) is 9.36. The van der Waals surface area contributed by atoms with Gasteiger partial charge in [0.05, 0.1) is 6.04 Å². The van der Waals surface area contributed by atoms with Crippen LogP contribution in [0.4, 0.5) is 0 Å². The van der Waals surface area contributed by atoms with Gasteiger partial charge in [-0.3, -0.25) is 14.4 Å². The van der Waals surface area contributed by atoms with E-state index in [0.29, 0.717) is 13.0 Å². The van der Waals surface area contributed by atoms with E-state index < -0.39 is 41.9 Å². The predicted molar refractivity (Wildman–Crippen MR) is 83.2 cm³/mol. The van der Waals surface area contributed by atoms with Crippen molar-refractivity contribution in [3.8, 4) is 0 Å². The summed E-state index contributed by atoms with van der Waals surface area (Å²) in [4.78, 5) is 45.8. The molecule has 0 radical (unpaired) electrons. The summed E-state index contributed by atoms with van der Waals surface area (Å²) in [6.45, 7) is 0.699. The van der Waals surface area contributed by atoms with Gasteiger partial charge in [0.1, 0.15) is 12.1 Å². The number of aliphatic carboxylic acids is 2. The topological polar surface area (TPSA) is 145 Å². The van der Waals surface area contributed by atoms with Crippen LogP contribution in [0.3, 0.4) is 0 Å². The van der Waals surface area contributed by atoms with Crippen molar-refractivity contribution in [2.45, 2.75) is 43.8 Å². The first-order valence-corrected chi connectivity index (χ1v) is 7.88. The van der Waals surface area contributed by atoms with Gasteiger partial charge in [-0.25, -0.2) is 4.79 Å². The average Bonchev–Trinajstić information content (AvgIpc) is 3.02. The lowest BCUT2D eigenvalue weighted by Crippen LogP contribution is -2.54. The molecule has 0 aliphatic carbocycles. The molecule has 0 unspecified atom stereocenters. The Kier molecular flexibility index (Phi) is 7.83. The summed E-state index contributed by atoms with van der Waals surface area (Å²) in [5.74, 6) is -3.62.